The van der Waals surface area contributed by atoms with Crippen molar-refractivity contribution in [2.45, 2.75) is 190 Å². The van der Waals surface area contributed by atoms with Crippen LogP contribution in [0, 0.1) is 0 Å². The lowest BCUT2D eigenvalue weighted by Gasteiger charge is -2.46. The van der Waals surface area contributed by atoms with Gasteiger partial charge < -0.3 is 28.8 Å². The Labute approximate surface area is 321 Å². The molecule has 7 nitrogen and oxygen atoms in total. The van der Waals surface area contributed by atoms with E-state index in [1.54, 1.807) is 0 Å². The van der Waals surface area contributed by atoms with Crippen LogP contribution in [0.15, 0.2) is 36.8 Å². The van der Waals surface area contributed by atoms with E-state index in [-0.39, 0.29) is 59.4 Å². The molecular formula is C34H96O7Si8. The second-order valence-corrected chi connectivity index (χ2v) is 44.0. The quantitative estimate of drug-likeness (QED) is 0.0794. The molecule has 0 aliphatic rings. The van der Waals surface area contributed by atoms with Crippen molar-refractivity contribution < 1.29 is 28.8 Å². The van der Waals surface area contributed by atoms with Crippen LogP contribution < -0.4 is 0 Å². The number of unbranched alkanes of at least 4 members (excludes halogenated alkanes) is 3. The zero-order chi connectivity index (χ0) is 32.6. The Balaban J connectivity index is -0.000000286. The Morgan fingerprint density at radius 1 is 0.429 bits per heavy atom. The van der Waals surface area contributed by atoms with Gasteiger partial charge in [-0.05, 0) is 91.2 Å². The van der Waals surface area contributed by atoms with Gasteiger partial charge in [0, 0.05) is 6.55 Å². The zero-order valence-corrected chi connectivity index (χ0v) is 37.2. The summed E-state index contributed by atoms with van der Waals surface area (Å²) in [4.78, 5) is 0. The van der Waals surface area contributed by atoms with E-state index < -0.39 is 68.0 Å². The average molecular weight is 842 g/mol. The van der Waals surface area contributed by atoms with Gasteiger partial charge in [0.1, 0.15) is 0 Å². The minimum absolute atomic E-state index is 0. The summed E-state index contributed by atoms with van der Waals surface area (Å²) in [6.07, 6.45) is 4.61. The maximum Gasteiger partial charge on any atom is 0.470 e. The molecule has 0 aromatic carbocycles. The van der Waals surface area contributed by atoms with E-state index in [1.165, 1.54) is 12.8 Å². The molecule has 0 N–H and O–H groups in total. The monoisotopic (exact) mass is 841 g/mol. The van der Waals surface area contributed by atoms with Crippen LogP contribution in [0.1, 0.15) is 92.0 Å². The van der Waals surface area contributed by atoms with Crippen LogP contribution in [0.2, 0.25) is 97.7 Å². The topological polar surface area (TPSA) is 64.6 Å². The largest absolute Gasteiger partial charge is 0.470 e. The van der Waals surface area contributed by atoms with E-state index in [2.05, 4.69) is 92.1 Å². The summed E-state index contributed by atoms with van der Waals surface area (Å²) in [7, 11) is -20.6. The Morgan fingerprint density at radius 3 is 1.16 bits per heavy atom. The molecule has 0 radical (unpaired) electrons. The fourth-order valence-corrected chi connectivity index (χ4v) is 40.3. The minimum Gasteiger partial charge on any atom is -0.437 e. The highest BCUT2D eigenvalue weighted by atomic mass is 28.5. The van der Waals surface area contributed by atoms with Crippen LogP contribution in [-0.2, 0) is 28.8 Å². The first-order chi connectivity index (χ1) is 18.2. The molecular weight excluding hydrogens is 745 g/mol. The maximum atomic E-state index is 7.16. The van der Waals surface area contributed by atoms with Crippen LogP contribution in [0.25, 0.3) is 0 Å². The summed E-state index contributed by atoms with van der Waals surface area (Å²) in [5.74, 6) is 0. The number of hydrogen-bond donors (Lipinski definition) is 0. The van der Waals surface area contributed by atoms with Gasteiger partial charge in [0.05, 0.1) is 0 Å². The molecule has 0 aliphatic carbocycles. The van der Waals surface area contributed by atoms with Gasteiger partial charge in [-0.3, -0.25) is 0 Å². The smallest absolute Gasteiger partial charge is 0.437 e. The fraction of sp³-hybridized carbons (Fsp3) is 0.824. The van der Waals surface area contributed by atoms with Gasteiger partial charge in [-0.2, -0.15) is 0 Å². The summed E-state index contributed by atoms with van der Waals surface area (Å²) in [5, 5.41) is 0. The SMILES string of the molecule is C.C.C.C.C.C.C.C.C=C[Si](C)(C)O[Si](C)(C)O[Si](C)(O[Si](C)(C)O[Si](C)(C=C)O[Si](C)(C)C=C)O[Si](C)(CCCCCC)O[Si](C)(C)C. The molecule has 0 fully saturated rings. The van der Waals surface area contributed by atoms with Crippen molar-refractivity contribution in [2.75, 3.05) is 0 Å². The minimum atomic E-state index is -3.37. The van der Waals surface area contributed by atoms with E-state index in [4.69, 9.17) is 28.8 Å². The summed E-state index contributed by atoms with van der Waals surface area (Å²) in [5.41, 5.74) is 5.70. The third-order valence-electron chi connectivity index (χ3n) is 6.05. The first kappa shape index (κ1) is 71.1. The molecule has 0 amide bonds. The lowest BCUT2D eigenvalue weighted by molar-refractivity contribution is 0.193. The van der Waals surface area contributed by atoms with E-state index in [9.17, 15) is 0 Å². The van der Waals surface area contributed by atoms with Gasteiger partial charge in [-0.1, -0.05) is 109 Å². The highest BCUT2D eigenvalue weighted by Gasteiger charge is 2.55. The normalized spacial score (nSPS) is 15.2. The van der Waals surface area contributed by atoms with Crippen molar-refractivity contribution in [3.63, 3.8) is 0 Å². The van der Waals surface area contributed by atoms with Gasteiger partial charge in [-0.25, -0.2) is 0 Å². The molecule has 3 unspecified atom stereocenters. The van der Waals surface area contributed by atoms with Crippen molar-refractivity contribution in [2.24, 2.45) is 0 Å². The molecule has 0 aromatic rings. The first-order valence-corrected chi connectivity index (χ1v) is 37.2. The zero-order valence-electron chi connectivity index (χ0n) is 29.2. The van der Waals surface area contributed by atoms with Gasteiger partial charge >= 0.3 is 43.0 Å². The van der Waals surface area contributed by atoms with Crippen molar-refractivity contribution in [3.8, 4) is 0 Å². The Hall–Kier alpha value is 0.675. The number of rotatable bonds is 22. The molecule has 0 saturated heterocycles. The maximum absolute atomic E-state index is 7.16. The van der Waals surface area contributed by atoms with Gasteiger partial charge in [0.25, 0.3) is 0 Å². The standard InChI is InChI=1S/C26H64O7Si8.8CH4/c1-19-23-24-25-26-40(17,27-34(5,6)7)33-41(18,31-37(12,13)28-35(8,9)20-2)32-38(14,15)30-39(16,22-4)29-36(10,11)21-3;;;;;;;;/h20-22H,2-4,19,23-26H2,1,5-18H3;8*1H4. The van der Waals surface area contributed by atoms with Crippen molar-refractivity contribution in [1.29, 1.82) is 0 Å². The second-order valence-electron chi connectivity index (χ2n) is 14.3. The van der Waals surface area contributed by atoms with Gasteiger partial charge in [0.15, 0.2) is 25.0 Å². The average Bonchev–Trinajstić information content (AvgIpc) is 2.72. The number of hydrogen-bond acceptors (Lipinski definition) is 7. The molecule has 0 heterocycles. The lowest BCUT2D eigenvalue weighted by atomic mass is 10.2. The molecule has 0 aromatic heterocycles. The second kappa shape index (κ2) is 27.3. The van der Waals surface area contributed by atoms with E-state index in [0.717, 1.165) is 18.9 Å². The van der Waals surface area contributed by atoms with Crippen molar-refractivity contribution >= 4 is 68.0 Å². The fourth-order valence-electron chi connectivity index (χ4n) is 4.86. The summed E-state index contributed by atoms with van der Waals surface area (Å²) in [6.45, 7) is 43.9. The molecule has 0 bridgehead atoms. The molecule has 0 rings (SSSR count). The Bertz CT molecular complexity index is 870. The van der Waals surface area contributed by atoms with E-state index >= 15 is 0 Å². The Morgan fingerprint density at radius 2 is 0.816 bits per heavy atom. The predicted molar refractivity (Wildman–Crippen MR) is 249 cm³/mol. The first-order valence-electron chi connectivity index (χ1n) is 15.0. The molecule has 49 heavy (non-hydrogen) atoms. The van der Waals surface area contributed by atoms with Crippen molar-refractivity contribution in [1.82, 2.24) is 0 Å². The molecule has 306 valence electrons. The van der Waals surface area contributed by atoms with Gasteiger partial charge in [-0.15, -0.1) is 19.7 Å². The summed E-state index contributed by atoms with van der Waals surface area (Å²) < 4.78 is 48.1. The third-order valence-corrected chi connectivity index (χ3v) is 35.7. The molecule has 0 spiro atoms. The van der Waals surface area contributed by atoms with E-state index in [1.807, 2.05) is 43.3 Å². The lowest BCUT2D eigenvalue weighted by Crippen LogP contribution is -2.65. The molecule has 3 atom stereocenters. The highest BCUT2D eigenvalue weighted by Crippen LogP contribution is 2.33. The Kier molecular flexibility index (Phi) is 39.6. The van der Waals surface area contributed by atoms with Gasteiger partial charge in [0.2, 0.25) is 0 Å². The van der Waals surface area contributed by atoms with Crippen LogP contribution in [0.4, 0.5) is 0 Å². The molecule has 0 saturated carbocycles. The molecule has 0 aliphatic heterocycles. The van der Waals surface area contributed by atoms with Crippen LogP contribution in [0.3, 0.4) is 0 Å². The van der Waals surface area contributed by atoms with E-state index in [0.29, 0.717) is 0 Å². The van der Waals surface area contributed by atoms with Crippen LogP contribution >= 0.6 is 0 Å². The summed E-state index contributed by atoms with van der Waals surface area (Å²) in [6, 6.07) is 0.895. The van der Waals surface area contributed by atoms with Crippen LogP contribution in [0.5, 0.6) is 0 Å². The predicted octanol–water partition coefficient (Wildman–Crippen LogP) is 14.3. The van der Waals surface area contributed by atoms with Crippen LogP contribution in [-0.4, -0.2) is 68.0 Å². The molecule has 15 heteroatoms. The highest BCUT2D eigenvalue weighted by molar-refractivity contribution is 6.95. The third kappa shape index (κ3) is 30.8. The summed E-state index contributed by atoms with van der Waals surface area (Å²) >= 11 is 0. The van der Waals surface area contributed by atoms with Crippen molar-refractivity contribution in [3.05, 3.63) is 36.8 Å².